The zero-order valence-electron chi connectivity index (χ0n) is 11.6. The predicted octanol–water partition coefficient (Wildman–Crippen LogP) is 3.47. The van der Waals surface area contributed by atoms with Crippen LogP contribution in [-0.2, 0) is 11.2 Å². The maximum absolute atomic E-state index is 11.2. The highest BCUT2D eigenvalue weighted by Crippen LogP contribution is 2.32. The smallest absolute Gasteiger partial charge is 0.307 e. The fourth-order valence-corrected chi connectivity index (χ4v) is 2.54. The van der Waals surface area contributed by atoms with Gasteiger partial charge in [0, 0.05) is 10.9 Å². The average Bonchev–Trinajstić information content (AvgIpc) is 2.85. The van der Waals surface area contributed by atoms with Gasteiger partial charge < -0.3 is 14.8 Å². The molecule has 1 aromatic heterocycles. The van der Waals surface area contributed by atoms with Crippen LogP contribution >= 0.6 is 0 Å². The minimum atomic E-state index is -0.851. The molecule has 0 aliphatic rings. The zero-order chi connectivity index (χ0) is 14.8. The van der Waals surface area contributed by atoms with Gasteiger partial charge in [0.05, 0.1) is 19.2 Å². The zero-order valence-corrected chi connectivity index (χ0v) is 11.6. The number of carboxylic acid groups (broad SMARTS) is 1. The number of aromatic nitrogens is 1. The van der Waals surface area contributed by atoms with E-state index in [4.69, 9.17) is 4.74 Å². The molecule has 0 atom stereocenters. The molecule has 4 nitrogen and oxygen atoms in total. The monoisotopic (exact) mass is 281 g/mol. The lowest BCUT2D eigenvalue weighted by Gasteiger charge is -2.03. The summed E-state index contributed by atoms with van der Waals surface area (Å²) in [6.07, 6.45) is -0.0304. The maximum Gasteiger partial charge on any atom is 0.307 e. The van der Waals surface area contributed by atoms with Crippen LogP contribution in [0.3, 0.4) is 0 Å². The molecule has 1 heterocycles. The van der Waals surface area contributed by atoms with Gasteiger partial charge in [-0.25, -0.2) is 0 Å². The lowest BCUT2D eigenvalue weighted by atomic mass is 10.0. The fourth-order valence-electron chi connectivity index (χ4n) is 2.54. The van der Waals surface area contributed by atoms with Crippen molar-refractivity contribution in [2.75, 3.05) is 7.11 Å². The lowest BCUT2D eigenvalue weighted by Crippen LogP contribution is -2.01. The minimum Gasteiger partial charge on any atom is -0.497 e. The molecule has 0 unspecified atom stereocenters. The number of benzene rings is 2. The van der Waals surface area contributed by atoms with Crippen molar-refractivity contribution in [2.24, 2.45) is 0 Å². The number of ether oxygens (including phenoxy) is 1. The van der Waals surface area contributed by atoms with Crippen molar-refractivity contribution < 1.29 is 14.6 Å². The standard InChI is InChI=1S/C17H15NO3/c1-21-12-7-8-15-13(9-12)14(10-16(19)20)17(18-15)11-5-3-2-4-6-11/h2-9,18H,10H2,1H3,(H,19,20). The molecule has 0 aliphatic carbocycles. The van der Waals surface area contributed by atoms with Gasteiger partial charge in [0.2, 0.25) is 0 Å². The van der Waals surface area contributed by atoms with E-state index in [1.54, 1.807) is 7.11 Å². The molecule has 0 amide bonds. The Balaban J connectivity index is 2.25. The summed E-state index contributed by atoms with van der Waals surface area (Å²) in [6, 6.07) is 15.4. The number of hydrogen-bond donors (Lipinski definition) is 2. The third kappa shape index (κ3) is 2.48. The number of carboxylic acids is 1. The first-order valence-corrected chi connectivity index (χ1v) is 6.65. The van der Waals surface area contributed by atoms with E-state index in [-0.39, 0.29) is 6.42 Å². The second kappa shape index (κ2) is 5.32. The summed E-state index contributed by atoms with van der Waals surface area (Å²) in [5.41, 5.74) is 3.51. The van der Waals surface area contributed by atoms with Crippen LogP contribution in [0.2, 0.25) is 0 Å². The first kappa shape index (κ1) is 13.2. The van der Waals surface area contributed by atoms with Gasteiger partial charge in [-0.05, 0) is 29.3 Å². The van der Waals surface area contributed by atoms with E-state index in [9.17, 15) is 9.90 Å². The van der Waals surface area contributed by atoms with Crippen LogP contribution in [0.4, 0.5) is 0 Å². The van der Waals surface area contributed by atoms with Gasteiger partial charge in [0.25, 0.3) is 0 Å². The van der Waals surface area contributed by atoms with E-state index in [0.29, 0.717) is 5.75 Å². The Morgan fingerprint density at radius 3 is 2.62 bits per heavy atom. The molecule has 2 aromatic carbocycles. The number of carbonyl (C=O) groups is 1. The van der Waals surface area contributed by atoms with Crippen molar-refractivity contribution in [3.63, 3.8) is 0 Å². The summed E-state index contributed by atoms with van der Waals surface area (Å²) in [5.74, 6) is -0.136. The number of rotatable bonds is 4. The molecule has 4 heteroatoms. The van der Waals surface area contributed by atoms with Crippen molar-refractivity contribution in [3.8, 4) is 17.0 Å². The normalized spacial score (nSPS) is 10.7. The number of H-pyrrole nitrogens is 1. The highest BCUT2D eigenvalue weighted by Gasteiger charge is 2.16. The molecule has 21 heavy (non-hydrogen) atoms. The molecule has 0 spiro atoms. The van der Waals surface area contributed by atoms with Crippen molar-refractivity contribution in [2.45, 2.75) is 6.42 Å². The van der Waals surface area contributed by atoms with Gasteiger partial charge >= 0.3 is 5.97 Å². The molecule has 0 bridgehead atoms. The van der Waals surface area contributed by atoms with Crippen LogP contribution in [0, 0.1) is 0 Å². The Kier molecular flexibility index (Phi) is 3.36. The van der Waals surface area contributed by atoms with Gasteiger partial charge in [-0.1, -0.05) is 30.3 Å². The van der Waals surface area contributed by atoms with Crippen molar-refractivity contribution in [1.82, 2.24) is 4.98 Å². The first-order valence-electron chi connectivity index (χ1n) is 6.65. The van der Waals surface area contributed by atoms with Gasteiger partial charge in [-0.15, -0.1) is 0 Å². The summed E-state index contributed by atoms with van der Waals surface area (Å²) in [6.45, 7) is 0. The molecular formula is C17H15NO3. The van der Waals surface area contributed by atoms with E-state index in [1.165, 1.54) is 0 Å². The number of fused-ring (bicyclic) bond motifs is 1. The lowest BCUT2D eigenvalue weighted by molar-refractivity contribution is -0.136. The number of nitrogens with one attached hydrogen (secondary N) is 1. The van der Waals surface area contributed by atoms with E-state index in [2.05, 4.69) is 4.98 Å². The highest BCUT2D eigenvalue weighted by atomic mass is 16.5. The average molecular weight is 281 g/mol. The van der Waals surface area contributed by atoms with E-state index in [1.807, 2.05) is 48.5 Å². The summed E-state index contributed by atoms with van der Waals surface area (Å²) in [4.78, 5) is 14.5. The molecule has 0 aliphatic heterocycles. The van der Waals surface area contributed by atoms with E-state index >= 15 is 0 Å². The Labute approximate surface area is 122 Å². The number of hydrogen-bond acceptors (Lipinski definition) is 2. The number of aromatic amines is 1. The third-order valence-corrected chi connectivity index (χ3v) is 3.50. The fraction of sp³-hybridized carbons (Fsp3) is 0.118. The molecule has 0 saturated carbocycles. The van der Waals surface area contributed by atoms with Crippen LogP contribution in [0.5, 0.6) is 5.75 Å². The SMILES string of the molecule is COc1ccc2[nH]c(-c3ccccc3)c(CC(=O)O)c2c1. The van der Waals surface area contributed by atoms with Crippen LogP contribution in [-0.4, -0.2) is 23.2 Å². The quantitative estimate of drug-likeness (QED) is 0.769. The van der Waals surface area contributed by atoms with Gasteiger partial charge in [0.1, 0.15) is 5.75 Å². The van der Waals surface area contributed by atoms with Crippen molar-refractivity contribution in [3.05, 3.63) is 54.1 Å². The molecule has 0 fully saturated rings. The number of aliphatic carboxylic acids is 1. The predicted molar refractivity (Wildman–Crippen MR) is 81.6 cm³/mol. The van der Waals surface area contributed by atoms with Crippen LogP contribution in [0.25, 0.3) is 22.2 Å². The Morgan fingerprint density at radius 1 is 1.19 bits per heavy atom. The maximum atomic E-state index is 11.2. The Bertz CT molecular complexity index is 790. The number of methoxy groups -OCH3 is 1. The van der Waals surface area contributed by atoms with Gasteiger partial charge in [-0.3, -0.25) is 4.79 Å². The third-order valence-electron chi connectivity index (χ3n) is 3.50. The van der Waals surface area contributed by atoms with Crippen LogP contribution in [0.1, 0.15) is 5.56 Å². The van der Waals surface area contributed by atoms with Crippen molar-refractivity contribution in [1.29, 1.82) is 0 Å². The Morgan fingerprint density at radius 2 is 1.95 bits per heavy atom. The minimum absolute atomic E-state index is 0.0304. The van der Waals surface area contributed by atoms with Gasteiger partial charge in [-0.2, -0.15) is 0 Å². The molecule has 3 aromatic rings. The Hall–Kier alpha value is -2.75. The van der Waals surface area contributed by atoms with Crippen LogP contribution in [0.15, 0.2) is 48.5 Å². The molecule has 106 valence electrons. The topological polar surface area (TPSA) is 62.3 Å². The van der Waals surface area contributed by atoms with E-state index in [0.717, 1.165) is 27.7 Å². The second-order valence-electron chi connectivity index (χ2n) is 4.83. The molecule has 0 saturated heterocycles. The van der Waals surface area contributed by atoms with Gasteiger partial charge in [0.15, 0.2) is 0 Å². The molecule has 2 N–H and O–H groups in total. The van der Waals surface area contributed by atoms with Crippen LogP contribution < -0.4 is 4.74 Å². The summed E-state index contributed by atoms with van der Waals surface area (Å²) >= 11 is 0. The molecule has 3 rings (SSSR count). The molecule has 0 radical (unpaired) electrons. The van der Waals surface area contributed by atoms with E-state index < -0.39 is 5.97 Å². The largest absolute Gasteiger partial charge is 0.497 e. The summed E-state index contributed by atoms with van der Waals surface area (Å²) in [7, 11) is 1.60. The summed E-state index contributed by atoms with van der Waals surface area (Å²) in [5, 5.41) is 10.1. The van der Waals surface area contributed by atoms with Crippen molar-refractivity contribution >= 4 is 16.9 Å². The second-order valence-corrected chi connectivity index (χ2v) is 4.83. The summed E-state index contributed by atoms with van der Waals surface area (Å²) < 4.78 is 5.24. The first-order chi connectivity index (χ1) is 10.2. The molecular weight excluding hydrogens is 266 g/mol. The highest BCUT2D eigenvalue weighted by molar-refractivity contribution is 5.94.